The number of carbonyl (C=O) groups excluding carboxylic acids is 1. The minimum Gasteiger partial charge on any atom is -0.354 e. The average Bonchev–Trinajstić information content (AvgIpc) is 3.38. The Kier molecular flexibility index (Phi) is 4.19. The van der Waals surface area contributed by atoms with Crippen LogP contribution in [0.3, 0.4) is 0 Å². The van der Waals surface area contributed by atoms with Gasteiger partial charge in [-0.2, -0.15) is 0 Å². The van der Waals surface area contributed by atoms with Crippen LogP contribution in [0.15, 0.2) is 6.07 Å². The zero-order valence-corrected chi connectivity index (χ0v) is 14.9. The van der Waals surface area contributed by atoms with Crippen LogP contribution < -0.4 is 4.90 Å². The lowest BCUT2D eigenvalue weighted by Gasteiger charge is -2.36. The molecule has 1 aromatic heterocycles. The number of anilines is 1. The molecule has 0 radical (unpaired) electrons. The Morgan fingerprint density at radius 3 is 2.75 bits per heavy atom. The molecule has 130 valence electrons. The maximum atomic E-state index is 12.8. The van der Waals surface area contributed by atoms with Crippen molar-refractivity contribution in [3.05, 3.63) is 17.6 Å². The third-order valence-electron chi connectivity index (χ3n) is 5.65. The molecule has 4 heterocycles. The highest BCUT2D eigenvalue weighted by molar-refractivity contribution is 5.81. The van der Waals surface area contributed by atoms with Crippen molar-refractivity contribution in [2.45, 2.75) is 58.4 Å². The number of aromatic nitrogens is 2. The lowest BCUT2D eigenvalue weighted by atomic mass is 9.94. The van der Waals surface area contributed by atoms with E-state index in [4.69, 9.17) is 0 Å². The Hall–Kier alpha value is -1.65. The lowest BCUT2D eigenvalue weighted by Crippen LogP contribution is -2.48. The first-order chi connectivity index (χ1) is 11.6. The molecule has 1 amide bonds. The molecule has 5 nitrogen and oxygen atoms in total. The number of rotatable bonds is 5. The number of piperidine rings is 1. The summed E-state index contributed by atoms with van der Waals surface area (Å²) in [6.45, 7) is 6.88. The monoisotopic (exact) mass is 328 g/mol. The van der Waals surface area contributed by atoms with E-state index < -0.39 is 0 Å². The molecule has 0 spiro atoms. The van der Waals surface area contributed by atoms with Crippen molar-refractivity contribution in [3.63, 3.8) is 0 Å². The summed E-state index contributed by atoms with van der Waals surface area (Å²) in [6.07, 6.45) is 6.86. The number of aryl methyl sites for hydroxylation is 2. The smallest absolute Gasteiger partial charge is 0.227 e. The van der Waals surface area contributed by atoms with Gasteiger partial charge in [-0.3, -0.25) is 4.79 Å². The summed E-state index contributed by atoms with van der Waals surface area (Å²) in [7, 11) is 0. The van der Waals surface area contributed by atoms with Crippen LogP contribution in [0.25, 0.3) is 0 Å². The third-order valence-corrected chi connectivity index (χ3v) is 5.65. The van der Waals surface area contributed by atoms with Crippen LogP contribution in [-0.4, -0.2) is 46.5 Å². The number of amides is 1. The fourth-order valence-corrected chi connectivity index (χ4v) is 4.20. The van der Waals surface area contributed by atoms with E-state index in [9.17, 15) is 4.79 Å². The quantitative estimate of drug-likeness (QED) is 0.833. The van der Waals surface area contributed by atoms with Crippen molar-refractivity contribution in [3.8, 4) is 0 Å². The Balaban J connectivity index is 1.58. The van der Waals surface area contributed by atoms with E-state index >= 15 is 0 Å². The van der Waals surface area contributed by atoms with Crippen LogP contribution in [0.1, 0.15) is 50.5 Å². The normalized spacial score (nSPS) is 26.8. The molecule has 0 N–H and O–H groups in total. The van der Waals surface area contributed by atoms with E-state index in [1.807, 2.05) is 6.92 Å². The topological polar surface area (TPSA) is 49.3 Å². The van der Waals surface area contributed by atoms with Crippen LogP contribution >= 0.6 is 0 Å². The first-order valence-corrected chi connectivity index (χ1v) is 9.54. The van der Waals surface area contributed by atoms with E-state index in [1.165, 1.54) is 12.8 Å². The van der Waals surface area contributed by atoms with E-state index in [0.29, 0.717) is 11.9 Å². The van der Waals surface area contributed by atoms with Crippen LogP contribution in [0.4, 0.5) is 5.82 Å². The highest BCUT2D eigenvalue weighted by Gasteiger charge is 2.42. The highest BCUT2D eigenvalue weighted by Crippen LogP contribution is 2.36. The Morgan fingerprint density at radius 2 is 2.00 bits per heavy atom. The molecule has 2 atom stereocenters. The Morgan fingerprint density at radius 1 is 1.17 bits per heavy atom. The zero-order chi connectivity index (χ0) is 16.7. The standard InChI is InChI=1S/C19H28N4O/c1-3-4-16-9-18(21-13(2)20-16)22-11-15-7-8-17(12-22)23(19(15)24)10-14-5-6-14/h9,14-15,17H,3-8,10-12H2,1-2H3/t15-,17+/m1/s1. The first kappa shape index (κ1) is 15.9. The molecule has 4 fully saturated rings. The third kappa shape index (κ3) is 3.13. The van der Waals surface area contributed by atoms with Crippen LogP contribution in [0.5, 0.6) is 0 Å². The summed E-state index contributed by atoms with van der Waals surface area (Å²) in [5.74, 6) is 3.16. The van der Waals surface area contributed by atoms with Gasteiger partial charge in [-0.1, -0.05) is 13.3 Å². The van der Waals surface area contributed by atoms with Gasteiger partial charge in [0.05, 0.1) is 5.92 Å². The van der Waals surface area contributed by atoms with E-state index in [2.05, 4.69) is 32.8 Å². The average molecular weight is 328 g/mol. The Bertz CT molecular complexity index is 628. The zero-order valence-electron chi connectivity index (χ0n) is 14.9. The van der Waals surface area contributed by atoms with Crippen LogP contribution in [-0.2, 0) is 11.2 Å². The van der Waals surface area contributed by atoms with Crippen molar-refractivity contribution in [2.24, 2.45) is 11.8 Å². The predicted octanol–water partition coefficient (Wildman–Crippen LogP) is 2.57. The number of fused-ring (bicyclic) bond motifs is 4. The summed E-state index contributed by atoms with van der Waals surface area (Å²) >= 11 is 0. The van der Waals surface area contributed by atoms with Gasteiger partial charge in [0.15, 0.2) is 0 Å². The summed E-state index contributed by atoms with van der Waals surface area (Å²) in [5, 5.41) is 0. The fraction of sp³-hybridized carbons (Fsp3) is 0.737. The van der Waals surface area contributed by atoms with Gasteiger partial charge >= 0.3 is 0 Å². The first-order valence-electron chi connectivity index (χ1n) is 9.54. The summed E-state index contributed by atoms with van der Waals surface area (Å²) in [5.41, 5.74) is 1.12. The van der Waals surface area contributed by atoms with Gasteiger partial charge in [-0.15, -0.1) is 0 Å². The van der Waals surface area contributed by atoms with Gasteiger partial charge in [-0.25, -0.2) is 9.97 Å². The molecule has 5 heteroatoms. The van der Waals surface area contributed by atoms with Crippen LogP contribution in [0.2, 0.25) is 0 Å². The van der Waals surface area contributed by atoms with Crippen molar-refractivity contribution in [1.29, 1.82) is 0 Å². The molecule has 24 heavy (non-hydrogen) atoms. The molecule has 4 aliphatic rings. The van der Waals surface area contributed by atoms with Crippen LogP contribution in [0, 0.1) is 18.8 Å². The summed E-state index contributed by atoms with van der Waals surface area (Å²) < 4.78 is 0. The highest BCUT2D eigenvalue weighted by atomic mass is 16.2. The second kappa shape index (κ2) is 6.34. The van der Waals surface area contributed by atoms with Gasteiger partial charge in [0.25, 0.3) is 0 Å². The van der Waals surface area contributed by atoms with Gasteiger partial charge in [-0.05, 0) is 44.9 Å². The van der Waals surface area contributed by atoms with Gasteiger partial charge < -0.3 is 9.80 Å². The Labute approximate surface area is 144 Å². The number of nitrogens with zero attached hydrogens (tertiary/aromatic N) is 4. The molecular weight excluding hydrogens is 300 g/mol. The SMILES string of the molecule is CCCc1cc(N2C[C@H]3CC[C@@H](C2)N(CC2CC2)C3=O)nc(C)n1. The predicted molar refractivity (Wildman–Crippen MR) is 93.9 cm³/mol. The molecule has 3 saturated heterocycles. The lowest BCUT2D eigenvalue weighted by molar-refractivity contribution is -0.140. The summed E-state index contributed by atoms with van der Waals surface area (Å²) in [6, 6.07) is 2.50. The molecule has 2 bridgehead atoms. The summed E-state index contributed by atoms with van der Waals surface area (Å²) in [4.78, 5) is 26.6. The van der Waals surface area contributed by atoms with Crippen molar-refractivity contribution < 1.29 is 4.79 Å². The van der Waals surface area contributed by atoms with E-state index in [0.717, 1.165) is 68.6 Å². The van der Waals surface area contributed by atoms with Gasteiger partial charge in [0.2, 0.25) is 5.91 Å². The second-order valence-corrected chi connectivity index (χ2v) is 7.78. The number of hydrogen-bond donors (Lipinski definition) is 0. The van der Waals surface area contributed by atoms with E-state index in [-0.39, 0.29) is 5.92 Å². The molecule has 0 aromatic carbocycles. The molecular formula is C19H28N4O. The number of hydrogen-bond acceptors (Lipinski definition) is 4. The molecule has 0 unspecified atom stereocenters. The molecule has 1 aromatic rings. The molecule has 1 saturated carbocycles. The number of carbonyl (C=O) groups is 1. The van der Waals surface area contributed by atoms with Crippen molar-refractivity contribution in [2.75, 3.05) is 24.5 Å². The minimum atomic E-state index is 0.146. The van der Waals surface area contributed by atoms with Crippen molar-refractivity contribution >= 4 is 11.7 Å². The van der Waals surface area contributed by atoms with Crippen molar-refractivity contribution in [1.82, 2.24) is 14.9 Å². The van der Waals surface area contributed by atoms with E-state index in [1.54, 1.807) is 0 Å². The maximum absolute atomic E-state index is 12.8. The van der Waals surface area contributed by atoms with Gasteiger partial charge in [0.1, 0.15) is 11.6 Å². The minimum absolute atomic E-state index is 0.146. The molecule has 1 aliphatic carbocycles. The maximum Gasteiger partial charge on any atom is 0.227 e. The van der Waals surface area contributed by atoms with Gasteiger partial charge in [0, 0.05) is 37.4 Å². The molecule has 5 rings (SSSR count). The largest absolute Gasteiger partial charge is 0.354 e. The second-order valence-electron chi connectivity index (χ2n) is 7.78. The fourth-order valence-electron chi connectivity index (χ4n) is 4.20. The molecule has 3 aliphatic heterocycles.